The minimum absolute atomic E-state index is 0.0749. The summed E-state index contributed by atoms with van der Waals surface area (Å²) in [6.07, 6.45) is 4.80. The maximum absolute atomic E-state index is 11.8. The lowest BCUT2D eigenvalue weighted by molar-refractivity contribution is 0.250. The smallest absolute Gasteiger partial charge is 0.307 e. The largest absolute Gasteiger partial charge is 0.326 e. The van der Waals surface area contributed by atoms with E-state index >= 15 is 0 Å². The molecule has 2 rings (SSSR count). The van der Waals surface area contributed by atoms with Gasteiger partial charge < -0.3 is 5.32 Å². The highest BCUT2D eigenvalue weighted by molar-refractivity contribution is 7.17. The molecule has 1 N–H and O–H groups in total. The molecule has 1 aromatic heterocycles. The van der Waals surface area contributed by atoms with Crippen LogP contribution in [0.15, 0.2) is 12.7 Å². The topological polar surface area (TPSA) is 32.3 Å². The van der Waals surface area contributed by atoms with E-state index in [4.69, 9.17) is 0 Å². The summed E-state index contributed by atoms with van der Waals surface area (Å²) < 4.78 is 0. The number of rotatable bonds is 2. The molecule has 1 aliphatic rings. The number of hydrogen-bond acceptors (Lipinski definition) is 2. The molecule has 2 heterocycles. The molecule has 90 valence electrons. The van der Waals surface area contributed by atoms with Crippen molar-refractivity contribution in [2.45, 2.75) is 20.3 Å². The number of fused-ring (bicyclic) bond motifs is 1. The van der Waals surface area contributed by atoms with E-state index in [1.54, 1.807) is 23.3 Å². The van der Waals surface area contributed by atoms with Crippen LogP contribution in [0.25, 0.3) is 11.8 Å². The van der Waals surface area contributed by atoms with Crippen LogP contribution in [0.2, 0.25) is 0 Å². The number of nitrogens with zero attached hydrogens (tertiary/aromatic N) is 1. The van der Waals surface area contributed by atoms with Gasteiger partial charge in [-0.2, -0.15) is 0 Å². The summed E-state index contributed by atoms with van der Waals surface area (Å²) in [5, 5.41) is 3.92. The van der Waals surface area contributed by atoms with E-state index in [1.165, 1.54) is 5.56 Å². The summed E-state index contributed by atoms with van der Waals surface area (Å²) in [5.41, 5.74) is 3.24. The lowest BCUT2D eigenvalue weighted by atomic mass is 10.1. The Bertz CT molecular complexity index is 514. The molecule has 0 bridgehead atoms. The second-order valence-corrected chi connectivity index (χ2v) is 5.02. The highest BCUT2D eigenvalue weighted by Gasteiger charge is 2.28. The molecule has 0 spiro atoms. The molecule has 0 atom stereocenters. The number of carbonyl (C=O) groups is 1. The second-order valence-electron chi connectivity index (χ2n) is 3.99. The van der Waals surface area contributed by atoms with E-state index in [-0.39, 0.29) is 6.03 Å². The van der Waals surface area contributed by atoms with Crippen molar-refractivity contribution in [3.05, 3.63) is 28.7 Å². The van der Waals surface area contributed by atoms with Gasteiger partial charge in [-0.15, -0.1) is 11.3 Å². The zero-order valence-electron chi connectivity index (χ0n) is 10.3. The van der Waals surface area contributed by atoms with Crippen LogP contribution in [0.1, 0.15) is 29.3 Å². The summed E-state index contributed by atoms with van der Waals surface area (Å²) in [7, 11) is 1.79. The van der Waals surface area contributed by atoms with Gasteiger partial charge in [-0.25, -0.2) is 4.79 Å². The van der Waals surface area contributed by atoms with Gasteiger partial charge in [0.05, 0.1) is 0 Å². The molecule has 17 heavy (non-hydrogen) atoms. The molecular weight excluding hydrogens is 232 g/mol. The minimum Gasteiger partial charge on any atom is -0.307 e. The fourth-order valence-corrected chi connectivity index (χ4v) is 3.11. The van der Waals surface area contributed by atoms with E-state index in [0.717, 1.165) is 27.6 Å². The summed E-state index contributed by atoms with van der Waals surface area (Å²) in [6.45, 7) is 7.95. The summed E-state index contributed by atoms with van der Waals surface area (Å²) in [4.78, 5) is 14.6. The molecule has 0 fully saturated rings. The Kier molecular flexibility index (Phi) is 3.07. The van der Waals surface area contributed by atoms with Crippen molar-refractivity contribution in [1.29, 1.82) is 0 Å². The predicted molar refractivity (Wildman–Crippen MR) is 74.3 cm³/mol. The number of anilines is 1. The maximum Gasteiger partial charge on any atom is 0.326 e. The first-order valence-corrected chi connectivity index (χ1v) is 6.42. The molecule has 3 nitrogen and oxygen atoms in total. The zero-order chi connectivity index (χ0) is 12.6. The Morgan fingerprint density at radius 3 is 2.82 bits per heavy atom. The summed E-state index contributed by atoms with van der Waals surface area (Å²) in [6, 6.07) is -0.0749. The molecule has 2 amide bonds. The van der Waals surface area contributed by atoms with Crippen molar-refractivity contribution in [2.24, 2.45) is 0 Å². The van der Waals surface area contributed by atoms with Crippen molar-refractivity contribution in [2.75, 3.05) is 11.9 Å². The Morgan fingerprint density at radius 1 is 1.53 bits per heavy atom. The fourth-order valence-electron chi connectivity index (χ4n) is 1.97. The normalized spacial score (nSPS) is 17.0. The van der Waals surface area contributed by atoms with Gasteiger partial charge in [0.2, 0.25) is 0 Å². The maximum atomic E-state index is 11.8. The lowest BCUT2D eigenvalue weighted by Gasteiger charge is -2.26. The van der Waals surface area contributed by atoms with Gasteiger partial charge in [0.25, 0.3) is 0 Å². The third kappa shape index (κ3) is 1.78. The highest BCUT2D eigenvalue weighted by Crippen LogP contribution is 2.41. The number of nitrogens with one attached hydrogen (secondary N) is 1. The predicted octanol–water partition coefficient (Wildman–Crippen LogP) is 3.61. The first kappa shape index (κ1) is 11.9. The molecule has 0 saturated carbocycles. The van der Waals surface area contributed by atoms with E-state index in [0.29, 0.717) is 0 Å². The van der Waals surface area contributed by atoms with Gasteiger partial charge in [0, 0.05) is 23.2 Å². The van der Waals surface area contributed by atoms with Crippen LogP contribution >= 0.6 is 11.3 Å². The Balaban J connectivity index is 2.66. The lowest BCUT2D eigenvalue weighted by Crippen LogP contribution is -2.40. The quantitative estimate of drug-likeness (QED) is 0.852. The van der Waals surface area contributed by atoms with Gasteiger partial charge >= 0.3 is 6.03 Å². The number of thiophene rings is 1. The zero-order valence-corrected chi connectivity index (χ0v) is 11.1. The first-order chi connectivity index (χ1) is 8.10. The molecule has 0 saturated heterocycles. The molecule has 1 aliphatic heterocycles. The number of allylic oxidation sites excluding steroid dienone is 1. The Hall–Kier alpha value is -1.55. The van der Waals surface area contributed by atoms with E-state index in [2.05, 4.69) is 31.8 Å². The van der Waals surface area contributed by atoms with Crippen molar-refractivity contribution in [1.82, 2.24) is 5.32 Å². The van der Waals surface area contributed by atoms with Crippen molar-refractivity contribution < 1.29 is 4.79 Å². The van der Waals surface area contributed by atoms with Crippen LogP contribution in [-0.4, -0.2) is 13.1 Å². The number of amides is 2. The number of hydrogen-bond donors (Lipinski definition) is 1. The molecule has 0 radical (unpaired) electrons. The van der Waals surface area contributed by atoms with Crippen LogP contribution in [0.3, 0.4) is 0 Å². The van der Waals surface area contributed by atoms with Gasteiger partial charge in [0.1, 0.15) is 5.00 Å². The van der Waals surface area contributed by atoms with E-state index in [9.17, 15) is 4.79 Å². The monoisotopic (exact) mass is 248 g/mol. The van der Waals surface area contributed by atoms with E-state index < -0.39 is 0 Å². The fraction of sp³-hybridized carbons (Fsp3) is 0.308. The van der Waals surface area contributed by atoms with Gasteiger partial charge in [-0.3, -0.25) is 4.90 Å². The van der Waals surface area contributed by atoms with Crippen molar-refractivity contribution >= 4 is 34.1 Å². The van der Waals surface area contributed by atoms with Crippen LogP contribution in [0, 0.1) is 6.92 Å². The van der Waals surface area contributed by atoms with Crippen molar-refractivity contribution in [3.63, 3.8) is 0 Å². The number of carbonyl (C=O) groups excluding carboxylic acids is 1. The van der Waals surface area contributed by atoms with Crippen LogP contribution < -0.4 is 10.2 Å². The SMILES string of the molecule is C=Cc1sc2c(c1C)/C(=C\CC)NC(=O)N2C. The standard InChI is InChI=1S/C13H16N2OS/c1-5-7-9-11-8(3)10(6-2)17-12(11)15(4)13(16)14-9/h6-7H,2,5H2,1,3-4H3,(H,14,16)/b9-7+. The molecule has 0 unspecified atom stereocenters. The molecular formula is C13H16N2OS. The first-order valence-electron chi connectivity index (χ1n) is 5.61. The third-order valence-corrected chi connectivity index (χ3v) is 4.24. The van der Waals surface area contributed by atoms with Gasteiger partial charge in [0.15, 0.2) is 0 Å². The van der Waals surface area contributed by atoms with Crippen molar-refractivity contribution in [3.8, 4) is 0 Å². The van der Waals surface area contributed by atoms with Gasteiger partial charge in [-0.05, 0) is 18.9 Å². The summed E-state index contributed by atoms with van der Waals surface area (Å²) in [5.74, 6) is 0. The molecule has 0 aliphatic carbocycles. The number of urea groups is 1. The average Bonchev–Trinajstić information content (AvgIpc) is 2.64. The van der Waals surface area contributed by atoms with Gasteiger partial charge in [-0.1, -0.05) is 25.7 Å². The molecule has 4 heteroatoms. The second kappa shape index (κ2) is 4.37. The summed E-state index contributed by atoms with van der Waals surface area (Å²) >= 11 is 1.61. The average molecular weight is 248 g/mol. The van der Waals surface area contributed by atoms with Crippen LogP contribution in [-0.2, 0) is 0 Å². The highest BCUT2D eigenvalue weighted by atomic mass is 32.1. The third-order valence-electron chi connectivity index (χ3n) is 2.88. The Labute approximate surface area is 105 Å². The molecule has 0 aromatic carbocycles. The minimum atomic E-state index is -0.0749. The molecule has 1 aromatic rings. The Morgan fingerprint density at radius 2 is 2.24 bits per heavy atom. The van der Waals surface area contributed by atoms with Crippen LogP contribution in [0.4, 0.5) is 9.80 Å². The van der Waals surface area contributed by atoms with Crippen LogP contribution in [0.5, 0.6) is 0 Å². The van der Waals surface area contributed by atoms with E-state index in [1.807, 2.05) is 6.08 Å².